The third-order valence-corrected chi connectivity index (χ3v) is 3.50. The van der Waals surface area contributed by atoms with Crippen molar-refractivity contribution in [3.8, 4) is 28.7 Å². The molecule has 3 rings (SSSR count). The van der Waals surface area contributed by atoms with Crippen LogP contribution in [-0.4, -0.2) is 28.4 Å². The Bertz CT molecular complexity index is 859. The molecule has 1 heterocycles. The van der Waals surface area contributed by atoms with Gasteiger partial charge in [-0.15, -0.1) is 10.2 Å². The van der Waals surface area contributed by atoms with Gasteiger partial charge in [0.15, 0.2) is 0 Å². The summed E-state index contributed by atoms with van der Waals surface area (Å²) in [7, 11) is 1.53. The van der Waals surface area contributed by atoms with Crippen molar-refractivity contribution in [3.05, 3.63) is 53.1 Å². The monoisotopic (exact) mass is 330 g/mol. The van der Waals surface area contributed by atoms with Crippen LogP contribution < -0.4 is 4.74 Å². The number of carboxylic acids is 1. The van der Waals surface area contributed by atoms with E-state index in [1.165, 1.54) is 19.2 Å². The van der Waals surface area contributed by atoms with Gasteiger partial charge in [0.25, 0.3) is 0 Å². The summed E-state index contributed by atoms with van der Waals surface area (Å²) in [5, 5.41) is 17.3. The van der Waals surface area contributed by atoms with Crippen molar-refractivity contribution in [2.24, 2.45) is 0 Å². The molecule has 0 bridgehead atoms. The molecule has 23 heavy (non-hydrogen) atoms. The maximum atomic E-state index is 10.8. The van der Waals surface area contributed by atoms with Gasteiger partial charge in [0, 0.05) is 11.1 Å². The molecule has 0 spiro atoms. The van der Waals surface area contributed by atoms with Gasteiger partial charge in [0.05, 0.1) is 17.7 Å². The van der Waals surface area contributed by atoms with E-state index in [1.54, 1.807) is 30.3 Å². The topological polar surface area (TPSA) is 85.5 Å². The van der Waals surface area contributed by atoms with E-state index in [0.29, 0.717) is 33.7 Å². The molecule has 116 valence electrons. The maximum absolute atomic E-state index is 10.8. The molecule has 3 aromatic rings. The first kappa shape index (κ1) is 15.1. The van der Waals surface area contributed by atoms with E-state index in [4.69, 9.17) is 25.9 Å². The Balaban J connectivity index is 1.91. The van der Waals surface area contributed by atoms with E-state index in [-0.39, 0.29) is 5.56 Å². The van der Waals surface area contributed by atoms with Crippen molar-refractivity contribution in [3.63, 3.8) is 0 Å². The summed E-state index contributed by atoms with van der Waals surface area (Å²) < 4.78 is 10.7. The number of halogens is 1. The lowest BCUT2D eigenvalue weighted by Crippen LogP contribution is -1.94. The lowest BCUT2D eigenvalue weighted by Gasteiger charge is -2.03. The van der Waals surface area contributed by atoms with Crippen LogP contribution in [0.1, 0.15) is 10.4 Å². The SMILES string of the molecule is COc1ccc(-c2nnc(-c3ccc(C(=O)O)cc3)o2)cc1Cl. The molecule has 0 aliphatic carbocycles. The molecule has 0 unspecified atom stereocenters. The van der Waals surface area contributed by atoms with Crippen molar-refractivity contribution in [2.75, 3.05) is 7.11 Å². The van der Waals surface area contributed by atoms with Crippen LogP contribution in [0.5, 0.6) is 5.75 Å². The van der Waals surface area contributed by atoms with Crippen LogP contribution in [-0.2, 0) is 0 Å². The Kier molecular flexibility index (Phi) is 3.99. The summed E-state index contributed by atoms with van der Waals surface area (Å²) in [4.78, 5) is 10.8. The summed E-state index contributed by atoms with van der Waals surface area (Å²) in [5.74, 6) is 0.172. The van der Waals surface area contributed by atoms with Gasteiger partial charge in [-0.1, -0.05) is 11.6 Å². The molecule has 0 fully saturated rings. The largest absolute Gasteiger partial charge is 0.495 e. The average molecular weight is 331 g/mol. The van der Waals surface area contributed by atoms with Crippen molar-refractivity contribution < 1.29 is 19.1 Å². The molecule has 0 aliphatic heterocycles. The van der Waals surface area contributed by atoms with Crippen molar-refractivity contribution >= 4 is 17.6 Å². The minimum absolute atomic E-state index is 0.190. The van der Waals surface area contributed by atoms with E-state index in [2.05, 4.69) is 10.2 Å². The zero-order valence-corrected chi connectivity index (χ0v) is 12.7. The first-order valence-electron chi connectivity index (χ1n) is 6.59. The first-order valence-corrected chi connectivity index (χ1v) is 6.97. The quantitative estimate of drug-likeness (QED) is 0.783. The van der Waals surface area contributed by atoms with Gasteiger partial charge in [-0.3, -0.25) is 0 Å². The van der Waals surface area contributed by atoms with Crippen LogP contribution in [0, 0.1) is 0 Å². The molecule has 0 radical (unpaired) electrons. The Hall–Kier alpha value is -2.86. The van der Waals surface area contributed by atoms with Crippen LogP contribution in [0.2, 0.25) is 5.02 Å². The number of carboxylic acid groups (broad SMARTS) is 1. The van der Waals surface area contributed by atoms with Crippen LogP contribution in [0.3, 0.4) is 0 Å². The summed E-state index contributed by atoms with van der Waals surface area (Å²) in [6, 6.07) is 11.3. The minimum atomic E-state index is -0.990. The summed E-state index contributed by atoms with van der Waals surface area (Å²) in [5.41, 5.74) is 1.49. The third-order valence-electron chi connectivity index (χ3n) is 3.20. The average Bonchev–Trinajstić information content (AvgIpc) is 3.05. The highest BCUT2D eigenvalue weighted by Gasteiger charge is 2.13. The highest BCUT2D eigenvalue weighted by Crippen LogP contribution is 2.30. The van der Waals surface area contributed by atoms with Gasteiger partial charge < -0.3 is 14.3 Å². The Morgan fingerprint density at radius 3 is 2.26 bits per heavy atom. The number of rotatable bonds is 4. The van der Waals surface area contributed by atoms with Gasteiger partial charge in [-0.25, -0.2) is 4.79 Å². The molecule has 0 saturated carbocycles. The summed E-state index contributed by atoms with van der Waals surface area (Å²) >= 11 is 6.08. The summed E-state index contributed by atoms with van der Waals surface area (Å²) in [6.07, 6.45) is 0. The second-order valence-corrected chi connectivity index (χ2v) is 5.05. The molecule has 0 aliphatic rings. The molecular weight excluding hydrogens is 320 g/mol. The molecule has 7 heteroatoms. The number of benzene rings is 2. The van der Waals surface area contributed by atoms with E-state index in [9.17, 15) is 4.79 Å². The van der Waals surface area contributed by atoms with Crippen molar-refractivity contribution in [1.29, 1.82) is 0 Å². The summed E-state index contributed by atoms with van der Waals surface area (Å²) in [6.45, 7) is 0. The number of nitrogens with zero attached hydrogens (tertiary/aromatic N) is 2. The van der Waals surface area contributed by atoms with Gasteiger partial charge in [-0.2, -0.15) is 0 Å². The fourth-order valence-electron chi connectivity index (χ4n) is 2.01. The van der Waals surface area contributed by atoms with Gasteiger partial charge in [0.2, 0.25) is 11.8 Å². The fraction of sp³-hybridized carbons (Fsp3) is 0.0625. The number of aromatic carboxylic acids is 1. The molecule has 2 aromatic carbocycles. The predicted molar refractivity (Wildman–Crippen MR) is 83.7 cm³/mol. The van der Waals surface area contributed by atoms with E-state index >= 15 is 0 Å². The maximum Gasteiger partial charge on any atom is 0.335 e. The molecule has 1 N–H and O–H groups in total. The number of hydrogen-bond donors (Lipinski definition) is 1. The molecule has 1 aromatic heterocycles. The van der Waals surface area contributed by atoms with Gasteiger partial charge >= 0.3 is 5.97 Å². The standard InChI is InChI=1S/C16H11ClN2O4/c1-22-13-7-6-11(8-12(13)17)15-19-18-14(23-15)9-2-4-10(5-3-9)16(20)21/h2-8H,1H3,(H,20,21). The van der Waals surface area contributed by atoms with Crippen molar-refractivity contribution in [2.45, 2.75) is 0 Å². The highest BCUT2D eigenvalue weighted by atomic mass is 35.5. The Morgan fingerprint density at radius 2 is 1.70 bits per heavy atom. The Labute approximate surface area is 136 Å². The predicted octanol–water partition coefficient (Wildman–Crippen LogP) is 3.76. The van der Waals surface area contributed by atoms with Crippen LogP contribution in [0.25, 0.3) is 22.9 Å². The third kappa shape index (κ3) is 3.02. The normalized spacial score (nSPS) is 10.5. The van der Waals surface area contributed by atoms with Crippen LogP contribution >= 0.6 is 11.6 Å². The smallest absolute Gasteiger partial charge is 0.335 e. The minimum Gasteiger partial charge on any atom is -0.495 e. The fourth-order valence-corrected chi connectivity index (χ4v) is 2.27. The lowest BCUT2D eigenvalue weighted by molar-refractivity contribution is 0.0697. The number of hydrogen-bond acceptors (Lipinski definition) is 5. The number of ether oxygens (including phenoxy) is 1. The molecular formula is C16H11ClN2O4. The molecule has 0 amide bonds. The zero-order chi connectivity index (χ0) is 16.4. The van der Waals surface area contributed by atoms with E-state index in [0.717, 1.165) is 0 Å². The van der Waals surface area contributed by atoms with E-state index in [1.807, 2.05) is 0 Å². The number of carbonyl (C=O) groups is 1. The van der Waals surface area contributed by atoms with Gasteiger partial charge in [-0.05, 0) is 42.5 Å². The molecule has 0 atom stereocenters. The zero-order valence-electron chi connectivity index (χ0n) is 12.0. The molecule has 0 saturated heterocycles. The van der Waals surface area contributed by atoms with Crippen LogP contribution in [0.15, 0.2) is 46.9 Å². The number of methoxy groups -OCH3 is 1. The van der Waals surface area contributed by atoms with Crippen molar-refractivity contribution in [1.82, 2.24) is 10.2 Å². The lowest BCUT2D eigenvalue weighted by atomic mass is 10.1. The van der Waals surface area contributed by atoms with Crippen LogP contribution in [0.4, 0.5) is 0 Å². The second-order valence-electron chi connectivity index (χ2n) is 4.64. The van der Waals surface area contributed by atoms with Gasteiger partial charge in [0.1, 0.15) is 5.75 Å². The van der Waals surface area contributed by atoms with E-state index < -0.39 is 5.97 Å². The number of aromatic nitrogens is 2. The first-order chi connectivity index (χ1) is 11.1. The molecule has 6 nitrogen and oxygen atoms in total. The Morgan fingerprint density at radius 1 is 1.09 bits per heavy atom. The highest BCUT2D eigenvalue weighted by molar-refractivity contribution is 6.32. The second kappa shape index (κ2) is 6.10.